The summed E-state index contributed by atoms with van der Waals surface area (Å²) in [6.07, 6.45) is 1.53. The highest BCUT2D eigenvalue weighted by Crippen LogP contribution is 2.39. The molecule has 3 aromatic carbocycles. The maximum Gasteiger partial charge on any atom is 0.295 e. The molecule has 0 atom stereocenters. The molecule has 5 nitrogen and oxygen atoms in total. The molecule has 0 unspecified atom stereocenters. The lowest BCUT2D eigenvalue weighted by molar-refractivity contribution is 0.469. The Morgan fingerprint density at radius 2 is 1.62 bits per heavy atom. The minimum atomic E-state index is -4.47. The van der Waals surface area contributed by atoms with Gasteiger partial charge in [0.1, 0.15) is 16.3 Å². The van der Waals surface area contributed by atoms with Crippen molar-refractivity contribution in [3.05, 3.63) is 65.2 Å². The van der Waals surface area contributed by atoms with E-state index in [9.17, 15) is 18.1 Å². The van der Waals surface area contributed by atoms with Crippen molar-refractivity contribution in [3.63, 3.8) is 0 Å². The molecule has 0 saturated carbocycles. The van der Waals surface area contributed by atoms with Gasteiger partial charge in [0.05, 0.1) is 0 Å². The zero-order valence-corrected chi connectivity index (χ0v) is 13.8. The fourth-order valence-corrected chi connectivity index (χ4v) is 3.19. The van der Waals surface area contributed by atoms with Crippen molar-refractivity contribution in [2.45, 2.75) is 4.90 Å². The van der Waals surface area contributed by atoms with Crippen molar-refractivity contribution < 1.29 is 18.1 Å². The molecule has 24 heavy (non-hydrogen) atoms. The number of hydrogen-bond acceptors (Lipinski definition) is 4. The Kier molecular flexibility index (Phi) is 4.28. The molecule has 0 aliphatic heterocycles. The summed E-state index contributed by atoms with van der Waals surface area (Å²) >= 11 is 5.83. The van der Waals surface area contributed by atoms with Gasteiger partial charge < -0.3 is 5.11 Å². The molecule has 0 spiro atoms. The second-order valence-electron chi connectivity index (χ2n) is 5.07. The van der Waals surface area contributed by atoms with Gasteiger partial charge in [0.25, 0.3) is 10.1 Å². The molecule has 0 aliphatic rings. The van der Waals surface area contributed by atoms with Gasteiger partial charge in [0, 0.05) is 28.1 Å². The van der Waals surface area contributed by atoms with Gasteiger partial charge in [-0.3, -0.25) is 9.55 Å². The van der Waals surface area contributed by atoms with Crippen LogP contribution in [0.5, 0.6) is 5.75 Å². The molecular formula is C17H12ClNO4S. The molecule has 0 aromatic heterocycles. The first-order valence-electron chi connectivity index (χ1n) is 6.88. The van der Waals surface area contributed by atoms with Crippen LogP contribution < -0.4 is 0 Å². The molecule has 0 heterocycles. The highest BCUT2D eigenvalue weighted by Gasteiger charge is 2.18. The van der Waals surface area contributed by atoms with Crippen LogP contribution in [0.15, 0.2) is 64.5 Å². The van der Waals surface area contributed by atoms with E-state index in [0.29, 0.717) is 10.4 Å². The van der Waals surface area contributed by atoms with Crippen LogP contribution in [0.2, 0.25) is 5.02 Å². The quantitative estimate of drug-likeness (QED) is 0.540. The number of nitrogens with zero attached hydrogens (tertiary/aromatic N) is 1. The lowest BCUT2D eigenvalue weighted by Crippen LogP contribution is -1.99. The van der Waals surface area contributed by atoms with Crippen molar-refractivity contribution in [3.8, 4) is 5.75 Å². The maximum atomic E-state index is 11.5. The minimum Gasteiger partial charge on any atom is -0.506 e. The first kappa shape index (κ1) is 16.4. The smallest absolute Gasteiger partial charge is 0.295 e. The number of phenols is 1. The number of halogens is 1. The molecule has 3 aromatic rings. The molecule has 0 amide bonds. The van der Waals surface area contributed by atoms with E-state index in [0.717, 1.165) is 11.6 Å². The molecule has 0 aliphatic carbocycles. The highest BCUT2D eigenvalue weighted by molar-refractivity contribution is 7.86. The van der Waals surface area contributed by atoms with Crippen molar-refractivity contribution in [2.75, 3.05) is 0 Å². The summed E-state index contributed by atoms with van der Waals surface area (Å²) in [5.74, 6) is -0.341. The summed E-state index contributed by atoms with van der Waals surface area (Å²) in [7, 11) is -4.47. The number of aromatic hydroxyl groups is 1. The molecule has 2 N–H and O–H groups in total. The van der Waals surface area contributed by atoms with Crippen LogP contribution in [0.4, 0.5) is 5.69 Å². The Labute approximate surface area is 143 Å². The van der Waals surface area contributed by atoms with Gasteiger partial charge in [0.15, 0.2) is 0 Å². The van der Waals surface area contributed by atoms with E-state index in [1.54, 1.807) is 48.5 Å². The third-order valence-corrected chi connectivity index (χ3v) is 4.59. The maximum absolute atomic E-state index is 11.5. The summed E-state index contributed by atoms with van der Waals surface area (Å²) in [6.45, 7) is 0. The Morgan fingerprint density at radius 1 is 1.00 bits per heavy atom. The van der Waals surface area contributed by atoms with E-state index in [2.05, 4.69) is 4.99 Å². The van der Waals surface area contributed by atoms with E-state index in [1.807, 2.05) is 0 Å². The Morgan fingerprint density at radius 3 is 2.25 bits per heavy atom. The molecule has 0 saturated heterocycles. The summed E-state index contributed by atoms with van der Waals surface area (Å²) in [6, 6.07) is 14.4. The molecule has 3 rings (SSSR count). The van der Waals surface area contributed by atoms with Crippen LogP contribution in [0.25, 0.3) is 10.8 Å². The number of hydrogen-bond donors (Lipinski definition) is 2. The number of rotatable bonds is 3. The standard InChI is InChI=1S/C17H12ClNO4S/c18-12-7-5-11(6-8-12)10-19-17-14-4-2-1-3-13(14)16(9-15(17)20)24(21,22)23/h1-10,20H,(H,21,22,23). The predicted molar refractivity (Wildman–Crippen MR) is 94.1 cm³/mol. The largest absolute Gasteiger partial charge is 0.506 e. The van der Waals surface area contributed by atoms with Gasteiger partial charge in [-0.2, -0.15) is 8.42 Å². The van der Waals surface area contributed by atoms with Crippen LogP contribution in [0.3, 0.4) is 0 Å². The van der Waals surface area contributed by atoms with E-state index < -0.39 is 10.1 Å². The molecule has 7 heteroatoms. The summed E-state index contributed by atoms with van der Waals surface area (Å²) in [5.41, 5.74) is 0.981. The van der Waals surface area contributed by atoms with Crippen LogP contribution >= 0.6 is 11.6 Å². The molecule has 0 fully saturated rings. The van der Waals surface area contributed by atoms with Crippen molar-refractivity contribution in [1.82, 2.24) is 0 Å². The monoisotopic (exact) mass is 361 g/mol. The van der Waals surface area contributed by atoms with Gasteiger partial charge >= 0.3 is 0 Å². The van der Waals surface area contributed by atoms with E-state index >= 15 is 0 Å². The third kappa shape index (κ3) is 3.26. The lowest BCUT2D eigenvalue weighted by Gasteiger charge is -2.09. The van der Waals surface area contributed by atoms with Crippen LogP contribution in [0.1, 0.15) is 5.56 Å². The normalized spacial score (nSPS) is 12.1. The zero-order valence-electron chi connectivity index (χ0n) is 12.2. The lowest BCUT2D eigenvalue weighted by atomic mass is 10.1. The Balaban J connectivity index is 2.19. The Hall–Kier alpha value is -2.41. The average molecular weight is 362 g/mol. The van der Waals surface area contributed by atoms with Crippen molar-refractivity contribution in [2.24, 2.45) is 4.99 Å². The van der Waals surface area contributed by atoms with Crippen molar-refractivity contribution in [1.29, 1.82) is 0 Å². The zero-order chi connectivity index (χ0) is 17.3. The summed E-state index contributed by atoms with van der Waals surface area (Å²) in [4.78, 5) is 3.90. The fourth-order valence-electron chi connectivity index (χ4n) is 2.35. The first-order chi connectivity index (χ1) is 11.4. The fraction of sp³-hybridized carbons (Fsp3) is 0. The van der Waals surface area contributed by atoms with Gasteiger partial charge in [0.2, 0.25) is 0 Å². The second kappa shape index (κ2) is 6.24. The third-order valence-electron chi connectivity index (χ3n) is 3.45. The molecule has 122 valence electrons. The molecule has 0 bridgehead atoms. The highest BCUT2D eigenvalue weighted by atomic mass is 35.5. The van der Waals surface area contributed by atoms with Gasteiger partial charge in [-0.1, -0.05) is 48.0 Å². The SMILES string of the molecule is O=S(=O)(O)c1cc(O)c(N=Cc2ccc(Cl)cc2)c2ccccc12. The second-order valence-corrected chi connectivity index (χ2v) is 6.90. The van der Waals surface area contributed by atoms with Crippen LogP contribution in [-0.2, 0) is 10.1 Å². The first-order valence-corrected chi connectivity index (χ1v) is 8.70. The summed E-state index contributed by atoms with van der Waals surface area (Å²) < 4.78 is 32.4. The summed E-state index contributed by atoms with van der Waals surface area (Å²) in [5, 5.41) is 11.5. The Bertz CT molecular complexity index is 1040. The number of aliphatic imine (C=N–C) groups is 1. The topological polar surface area (TPSA) is 87.0 Å². The average Bonchev–Trinajstić information content (AvgIpc) is 2.54. The van der Waals surface area contributed by atoms with Gasteiger partial charge in [-0.25, -0.2) is 0 Å². The van der Waals surface area contributed by atoms with Gasteiger partial charge in [-0.15, -0.1) is 0 Å². The van der Waals surface area contributed by atoms with Crippen LogP contribution in [-0.4, -0.2) is 24.3 Å². The van der Waals surface area contributed by atoms with Gasteiger partial charge in [-0.05, 0) is 17.7 Å². The van der Waals surface area contributed by atoms with E-state index in [-0.39, 0.29) is 21.7 Å². The molecular weight excluding hydrogens is 350 g/mol. The van der Waals surface area contributed by atoms with Crippen molar-refractivity contribution >= 4 is 44.4 Å². The van der Waals surface area contributed by atoms with Crippen LogP contribution in [0, 0.1) is 0 Å². The predicted octanol–water partition coefficient (Wildman–Crippen LogP) is 4.20. The van der Waals surface area contributed by atoms with E-state index in [4.69, 9.17) is 11.6 Å². The number of benzene rings is 3. The molecule has 0 radical (unpaired) electrons. The number of fused-ring (bicyclic) bond motifs is 1. The number of phenolic OH excluding ortho intramolecular Hbond substituents is 1. The van der Waals surface area contributed by atoms with E-state index in [1.165, 1.54) is 6.21 Å². The minimum absolute atomic E-state index is 0.216.